The molecule has 0 radical (unpaired) electrons. The van der Waals surface area contributed by atoms with Gasteiger partial charge in [0.25, 0.3) is 0 Å². The van der Waals surface area contributed by atoms with Gasteiger partial charge >= 0.3 is 0 Å². The van der Waals surface area contributed by atoms with E-state index >= 15 is 0 Å². The molecule has 0 bridgehead atoms. The fourth-order valence-corrected chi connectivity index (χ4v) is 3.46. The number of nitriles is 1. The molecule has 2 aliphatic rings. The van der Waals surface area contributed by atoms with E-state index in [1.807, 2.05) is 29.1 Å². The van der Waals surface area contributed by atoms with Gasteiger partial charge in [-0.15, -0.1) is 0 Å². The van der Waals surface area contributed by atoms with E-state index in [1.54, 1.807) is 15.6 Å². The Morgan fingerprint density at radius 1 is 1.32 bits per heavy atom. The Labute approximate surface area is 142 Å². The van der Waals surface area contributed by atoms with Crippen LogP contribution in [0, 0.1) is 17.2 Å². The van der Waals surface area contributed by atoms with Gasteiger partial charge in [0.05, 0.1) is 29.5 Å². The number of hydrogen-bond donors (Lipinski definition) is 0. The Kier molecular flexibility index (Phi) is 2.85. The fourth-order valence-electron chi connectivity index (χ4n) is 3.46. The van der Waals surface area contributed by atoms with Gasteiger partial charge in [0, 0.05) is 30.6 Å². The Balaban J connectivity index is 1.59. The summed E-state index contributed by atoms with van der Waals surface area (Å²) in [4.78, 5) is 14.1. The first-order valence-corrected chi connectivity index (χ1v) is 8.14. The summed E-state index contributed by atoms with van der Waals surface area (Å²) in [5, 5.41) is 18.0. The lowest BCUT2D eigenvalue weighted by Gasteiger charge is -2.16. The molecule has 8 heteroatoms. The van der Waals surface area contributed by atoms with Crippen LogP contribution in [0.2, 0.25) is 0 Å². The zero-order valence-electron chi connectivity index (χ0n) is 13.3. The highest BCUT2D eigenvalue weighted by Crippen LogP contribution is 2.32. The van der Waals surface area contributed by atoms with Crippen LogP contribution in [-0.2, 0) is 11.3 Å². The van der Waals surface area contributed by atoms with Crippen LogP contribution in [0.15, 0.2) is 30.6 Å². The number of hydrogen-bond acceptors (Lipinski definition) is 5. The molecule has 1 unspecified atom stereocenters. The van der Waals surface area contributed by atoms with Crippen LogP contribution < -0.4 is 9.64 Å². The highest BCUT2D eigenvalue weighted by Gasteiger charge is 2.33. The van der Waals surface area contributed by atoms with Crippen molar-refractivity contribution >= 4 is 17.1 Å². The van der Waals surface area contributed by atoms with Crippen LogP contribution in [0.1, 0.15) is 6.42 Å². The van der Waals surface area contributed by atoms with Crippen LogP contribution >= 0.6 is 0 Å². The average molecular weight is 334 g/mol. The third-order valence-electron chi connectivity index (χ3n) is 4.73. The maximum Gasteiger partial charge on any atom is 0.244 e. The second kappa shape index (κ2) is 5.08. The number of aromatic nitrogens is 4. The summed E-state index contributed by atoms with van der Waals surface area (Å²) in [6.07, 6.45) is 4.11. The summed E-state index contributed by atoms with van der Waals surface area (Å²) in [6.45, 7) is 1.96. The van der Waals surface area contributed by atoms with E-state index in [0.29, 0.717) is 19.6 Å². The molecule has 3 aromatic heterocycles. The van der Waals surface area contributed by atoms with Crippen molar-refractivity contribution in [2.75, 3.05) is 18.1 Å². The van der Waals surface area contributed by atoms with E-state index in [1.165, 1.54) is 0 Å². The summed E-state index contributed by atoms with van der Waals surface area (Å²) >= 11 is 0. The van der Waals surface area contributed by atoms with Gasteiger partial charge in [-0.25, -0.2) is 9.20 Å². The fraction of sp³-hybridized carbons (Fsp3) is 0.294. The quantitative estimate of drug-likeness (QED) is 0.708. The van der Waals surface area contributed by atoms with Crippen molar-refractivity contribution in [2.24, 2.45) is 5.92 Å². The second-order valence-electron chi connectivity index (χ2n) is 6.17. The van der Waals surface area contributed by atoms with Gasteiger partial charge in [0.15, 0.2) is 0 Å². The van der Waals surface area contributed by atoms with Gasteiger partial charge in [-0.1, -0.05) is 0 Å². The predicted octanol–water partition coefficient (Wildman–Crippen LogP) is 1.47. The highest BCUT2D eigenvalue weighted by molar-refractivity contribution is 6.02. The van der Waals surface area contributed by atoms with E-state index < -0.39 is 5.92 Å². The number of amides is 1. The number of rotatable bonds is 2. The Bertz CT molecular complexity index is 1020. The molecule has 0 aliphatic carbocycles. The smallest absolute Gasteiger partial charge is 0.244 e. The molecule has 1 saturated heterocycles. The minimum absolute atomic E-state index is 0.146. The summed E-state index contributed by atoms with van der Waals surface area (Å²) in [5.74, 6) is 0.0636. The zero-order chi connectivity index (χ0) is 17.0. The maximum absolute atomic E-state index is 12.4. The van der Waals surface area contributed by atoms with Crippen molar-refractivity contribution in [1.29, 1.82) is 5.26 Å². The van der Waals surface area contributed by atoms with Crippen molar-refractivity contribution < 1.29 is 9.53 Å². The molecular weight excluding hydrogens is 320 g/mol. The third-order valence-corrected chi connectivity index (χ3v) is 4.73. The number of anilines is 1. The van der Waals surface area contributed by atoms with Gasteiger partial charge in [-0.3, -0.25) is 4.79 Å². The molecule has 8 nitrogen and oxygen atoms in total. The van der Waals surface area contributed by atoms with Crippen molar-refractivity contribution in [3.8, 4) is 23.2 Å². The average Bonchev–Trinajstić information content (AvgIpc) is 3.35. The number of fused-ring (bicyclic) bond motifs is 2. The van der Waals surface area contributed by atoms with Crippen molar-refractivity contribution in [3.63, 3.8) is 0 Å². The van der Waals surface area contributed by atoms with E-state index in [9.17, 15) is 4.79 Å². The second-order valence-corrected chi connectivity index (χ2v) is 6.17. The minimum Gasteiger partial charge on any atom is -0.476 e. The summed E-state index contributed by atoms with van der Waals surface area (Å²) in [5.41, 5.74) is 3.31. The standard InChI is InChI=1S/C17H14N6O2/c18-9-11-2-4-21(17(11)24)14-1-3-19-23-10-12(7-15(14)23)13-8-16-22(20-13)5-6-25-16/h1,3,7-8,10-11H,2,4-6H2. The molecule has 3 aromatic rings. The molecule has 1 fully saturated rings. The zero-order valence-corrected chi connectivity index (χ0v) is 13.3. The molecule has 5 heterocycles. The third kappa shape index (κ3) is 2.02. The Morgan fingerprint density at radius 2 is 2.24 bits per heavy atom. The van der Waals surface area contributed by atoms with E-state index in [-0.39, 0.29) is 5.91 Å². The minimum atomic E-state index is -0.559. The number of carbonyl (C=O) groups is 1. The van der Waals surface area contributed by atoms with E-state index in [0.717, 1.165) is 34.9 Å². The number of carbonyl (C=O) groups excluding carboxylic acids is 1. The molecule has 5 rings (SSSR count). The van der Waals surface area contributed by atoms with Crippen molar-refractivity contribution in [2.45, 2.75) is 13.0 Å². The van der Waals surface area contributed by atoms with Crippen LogP contribution in [0.3, 0.4) is 0 Å². The number of ether oxygens (including phenoxy) is 1. The van der Waals surface area contributed by atoms with E-state index in [2.05, 4.69) is 16.3 Å². The molecule has 124 valence electrons. The largest absolute Gasteiger partial charge is 0.476 e. The van der Waals surface area contributed by atoms with Gasteiger partial charge in [0.1, 0.15) is 12.5 Å². The van der Waals surface area contributed by atoms with Gasteiger partial charge in [0.2, 0.25) is 11.8 Å². The Morgan fingerprint density at radius 3 is 3.04 bits per heavy atom. The van der Waals surface area contributed by atoms with Gasteiger partial charge in [-0.2, -0.15) is 15.5 Å². The SMILES string of the molecule is N#CC1CCN(c2ccnn3cc(-c4cc5n(n4)CCO5)cc23)C1=O. The maximum atomic E-state index is 12.4. The molecule has 1 atom stereocenters. The molecular formula is C17H14N6O2. The monoisotopic (exact) mass is 334 g/mol. The lowest BCUT2D eigenvalue weighted by Crippen LogP contribution is -2.27. The van der Waals surface area contributed by atoms with Crippen LogP contribution in [-0.4, -0.2) is 38.5 Å². The van der Waals surface area contributed by atoms with Gasteiger partial charge < -0.3 is 9.64 Å². The molecule has 25 heavy (non-hydrogen) atoms. The molecule has 0 N–H and O–H groups in total. The lowest BCUT2D eigenvalue weighted by molar-refractivity contribution is -0.118. The topological polar surface area (TPSA) is 88.4 Å². The summed E-state index contributed by atoms with van der Waals surface area (Å²) < 4.78 is 9.09. The van der Waals surface area contributed by atoms with Crippen LogP contribution in [0.5, 0.6) is 5.88 Å². The first kappa shape index (κ1) is 14.0. The van der Waals surface area contributed by atoms with Crippen molar-refractivity contribution in [1.82, 2.24) is 19.4 Å². The molecule has 0 aromatic carbocycles. The lowest BCUT2D eigenvalue weighted by atomic mass is 10.1. The Hall–Kier alpha value is -3.34. The van der Waals surface area contributed by atoms with Crippen LogP contribution in [0.25, 0.3) is 16.8 Å². The number of nitrogens with zero attached hydrogens (tertiary/aromatic N) is 6. The highest BCUT2D eigenvalue weighted by atomic mass is 16.5. The molecule has 0 spiro atoms. The van der Waals surface area contributed by atoms with Crippen LogP contribution in [0.4, 0.5) is 5.69 Å². The first-order valence-electron chi connectivity index (χ1n) is 8.14. The van der Waals surface area contributed by atoms with E-state index in [4.69, 9.17) is 10.00 Å². The molecule has 0 saturated carbocycles. The normalized spacial score (nSPS) is 19.2. The predicted molar refractivity (Wildman–Crippen MR) is 88.0 cm³/mol. The molecule has 1 amide bonds. The summed E-state index contributed by atoms with van der Waals surface area (Å²) in [6, 6.07) is 7.76. The van der Waals surface area contributed by atoms with Gasteiger partial charge in [-0.05, 0) is 18.6 Å². The van der Waals surface area contributed by atoms with Crippen molar-refractivity contribution in [3.05, 3.63) is 30.6 Å². The summed E-state index contributed by atoms with van der Waals surface area (Å²) in [7, 11) is 0. The first-order chi connectivity index (χ1) is 12.2. The molecule has 2 aliphatic heterocycles.